The van der Waals surface area contributed by atoms with E-state index in [9.17, 15) is 4.79 Å². The third-order valence-electron chi connectivity index (χ3n) is 3.67. The van der Waals surface area contributed by atoms with Gasteiger partial charge in [0, 0.05) is 23.4 Å². The predicted molar refractivity (Wildman–Crippen MR) is 87.2 cm³/mol. The highest BCUT2D eigenvalue weighted by Crippen LogP contribution is 2.22. The van der Waals surface area contributed by atoms with Gasteiger partial charge in [0.1, 0.15) is 5.82 Å². The van der Waals surface area contributed by atoms with Gasteiger partial charge in [-0.15, -0.1) is 11.3 Å². The molecule has 0 bridgehead atoms. The molecule has 1 aromatic carbocycles. The molecule has 3 aromatic rings. The molecule has 0 saturated carbocycles. The fraction of sp³-hybridized carbons (Fsp3) is 0.188. The lowest BCUT2D eigenvalue weighted by Gasteiger charge is -2.07. The van der Waals surface area contributed by atoms with Crippen LogP contribution >= 0.6 is 11.3 Å². The number of fused-ring (bicyclic) bond motifs is 3. The number of benzene rings is 1. The van der Waals surface area contributed by atoms with Crippen LogP contribution in [0.25, 0.3) is 10.9 Å². The maximum atomic E-state index is 12.3. The number of aromatic nitrogens is 2. The van der Waals surface area contributed by atoms with Gasteiger partial charge < -0.3 is 5.32 Å². The standard InChI is InChI=1S/C16H14N4OS/c1-10-6-7-13(22-10)15(21)19-16-18-12-5-3-2-4-11(12)14-17-8-9-20(14)16/h2-7,17H,8-9H2,1H3. The number of carbonyl (C=O) groups excluding carboxylic acids is 1. The van der Waals surface area contributed by atoms with Crippen molar-refractivity contribution in [1.29, 1.82) is 0 Å². The summed E-state index contributed by atoms with van der Waals surface area (Å²) in [5, 5.41) is 4.41. The lowest BCUT2D eigenvalue weighted by atomic mass is 10.2. The van der Waals surface area contributed by atoms with Gasteiger partial charge in [-0.25, -0.2) is 4.98 Å². The molecule has 0 fully saturated rings. The van der Waals surface area contributed by atoms with Crippen molar-refractivity contribution in [1.82, 2.24) is 9.55 Å². The van der Waals surface area contributed by atoms with Gasteiger partial charge in [-0.05, 0) is 31.2 Å². The fourth-order valence-electron chi connectivity index (χ4n) is 2.65. The molecule has 5 nitrogen and oxygen atoms in total. The molecule has 110 valence electrons. The highest BCUT2D eigenvalue weighted by atomic mass is 32.1. The van der Waals surface area contributed by atoms with E-state index in [0.717, 1.165) is 34.7 Å². The van der Waals surface area contributed by atoms with E-state index in [2.05, 4.69) is 15.3 Å². The predicted octanol–water partition coefficient (Wildman–Crippen LogP) is 2.57. The van der Waals surface area contributed by atoms with Gasteiger partial charge in [-0.2, -0.15) is 4.99 Å². The molecule has 1 aliphatic rings. The topological polar surface area (TPSA) is 59.3 Å². The average molecular weight is 310 g/mol. The first-order valence-corrected chi connectivity index (χ1v) is 7.93. The second-order valence-electron chi connectivity index (χ2n) is 5.18. The Morgan fingerprint density at radius 2 is 2.18 bits per heavy atom. The van der Waals surface area contributed by atoms with Crippen molar-refractivity contribution in [2.45, 2.75) is 13.5 Å². The van der Waals surface area contributed by atoms with E-state index >= 15 is 0 Å². The van der Waals surface area contributed by atoms with E-state index < -0.39 is 0 Å². The van der Waals surface area contributed by atoms with Gasteiger partial charge in [0.2, 0.25) is 5.62 Å². The molecule has 2 aromatic heterocycles. The summed E-state index contributed by atoms with van der Waals surface area (Å²) in [6.45, 7) is 3.57. The van der Waals surface area contributed by atoms with E-state index in [1.165, 1.54) is 11.3 Å². The lowest BCUT2D eigenvalue weighted by molar-refractivity contribution is 0.100. The molecule has 1 aliphatic heterocycles. The molecule has 1 N–H and O–H groups in total. The van der Waals surface area contributed by atoms with E-state index in [4.69, 9.17) is 0 Å². The molecule has 0 radical (unpaired) electrons. The summed E-state index contributed by atoms with van der Waals surface area (Å²) in [5.41, 5.74) is 1.31. The lowest BCUT2D eigenvalue weighted by Crippen LogP contribution is -2.24. The summed E-state index contributed by atoms with van der Waals surface area (Å²) >= 11 is 1.46. The Kier molecular flexibility index (Phi) is 3.04. The number of anilines is 1. The Morgan fingerprint density at radius 3 is 3.00 bits per heavy atom. The summed E-state index contributed by atoms with van der Waals surface area (Å²) in [7, 11) is 0. The van der Waals surface area contributed by atoms with Crippen molar-refractivity contribution in [3.05, 3.63) is 51.8 Å². The Morgan fingerprint density at radius 1 is 1.32 bits per heavy atom. The van der Waals surface area contributed by atoms with Gasteiger partial charge in [0.25, 0.3) is 5.91 Å². The highest BCUT2D eigenvalue weighted by Gasteiger charge is 2.16. The van der Waals surface area contributed by atoms with Crippen LogP contribution < -0.4 is 10.9 Å². The quantitative estimate of drug-likeness (QED) is 0.751. The smallest absolute Gasteiger partial charge is 0.290 e. The number of aryl methyl sites for hydroxylation is 1. The monoisotopic (exact) mass is 310 g/mol. The van der Waals surface area contributed by atoms with Crippen LogP contribution in [0.1, 0.15) is 14.5 Å². The van der Waals surface area contributed by atoms with Crippen LogP contribution in [0, 0.1) is 6.92 Å². The van der Waals surface area contributed by atoms with Crippen LogP contribution in [0.3, 0.4) is 0 Å². The van der Waals surface area contributed by atoms with E-state index in [1.807, 2.05) is 47.9 Å². The number of amides is 1. The van der Waals surface area contributed by atoms with Crippen LogP contribution in [0.15, 0.2) is 41.4 Å². The average Bonchev–Trinajstić information content (AvgIpc) is 3.16. The molecular weight excluding hydrogens is 296 g/mol. The first-order chi connectivity index (χ1) is 10.7. The minimum absolute atomic E-state index is 0.234. The zero-order chi connectivity index (χ0) is 15.1. The van der Waals surface area contributed by atoms with Crippen molar-refractivity contribution < 1.29 is 4.79 Å². The minimum Gasteiger partial charge on any atom is -0.369 e. The maximum absolute atomic E-state index is 12.3. The molecule has 0 spiro atoms. The van der Waals surface area contributed by atoms with Crippen molar-refractivity contribution in [2.24, 2.45) is 4.99 Å². The zero-order valence-electron chi connectivity index (χ0n) is 12.0. The van der Waals surface area contributed by atoms with Crippen LogP contribution in [0.4, 0.5) is 5.82 Å². The number of para-hydroxylation sites is 1. The molecule has 1 amide bonds. The SMILES string of the molecule is Cc1ccc(C(=O)N=c2nc3ccccc3c3n2CCN3)s1. The molecule has 0 unspecified atom stereocenters. The third kappa shape index (κ3) is 2.12. The fourth-order valence-corrected chi connectivity index (χ4v) is 3.41. The number of rotatable bonds is 1. The molecule has 0 saturated heterocycles. The Bertz CT molecular complexity index is 954. The van der Waals surface area contributed by atoms with Crippen molar-refractivity contribution in [3.8, 4) is 0 Å². The summed E-state index contributed by atoms with van der Waals surface area (Å²) in [6, 6.07) is 11.6. The van der Waals surface area contributed by atoms with Crippen LogP contribution in [0.5, 0.6) is 0 Å². The van der Waals surface area contributed by atoms with E-state index in [1.54, 1.807) is 0 Å². The van der Waals surface area contributed by atoms with Crippen molar-refractivity contribution in [3.63, 3.8) is 0 Å². The minimum atomic E-state index is -0.234. The maximum Gasteiger partial charge on any atom is 0.290 e. The number of thiophene rings is 1. The van der Waals surface area contributed by atoms with Crippen LogP contribution in [0.2, 0.25) is 0 Å². The number of hydrogen-bond donors (Lipinski definition) is 1. The molecule has 0 atom stereocenters. The second kappa shape index (κ2) is 5.06. The van der Waals surface area contributed by atoms with E-state index in [-0.39, 0.29) is 5.91 Å². The normalized spacial score (nSPS) is 14.1. The van der Waals surface area contributed by atoms with Crippen molar-refractivity contribution in [2.75, 3.05) is 11.9 Å². The molecule has 0 aliphatic carbocycles. The van der Waals surface area contributed by atoms with Crippen molar-refractivity contribution >= 4 is 34.0 Å². The number of hydrogen-bond acceptors (Lipinski definition) is 4. The van der Waals surface area contributed by atoms with Gasteiger partial charge in [0.15, 0.2) is 0 Å². The molecule has 3 heterocycles. The largest absolute Gasteiger partial charge is 0.369 e. The molecule has 22 heavy (non-hydrogen) atoms. The summed E-state index contributed by atoms with van der Waals surface area (Å²) in [4.78, 5) is 22.9. The van der Waals surface area contributed by atoms with Gasteiger partial charge in [-0.1, -0.05) is 12.1 Å². The molecule has 4 rings (SSSR count). The number of nitrogens with one attached hydrogen (secondary N) is 1. The zero-order valence-corrected chi connectivity index (χ0v) is 12.9. The summed E-state index contributed by atoms with van der Waals surface area (Å²) in [6.07, 6.45) is 0. The van der Waals surface area contributed by atoms with Crippen LogP contribution in [-0.4, -0.2) is 22.0 Å². The Balaban J connectivity index is 1.92. The Hall–Kier alpha value is -2.47. The first-order valence-electron chi connectivity index (χ1n) is 7.11. The van der Waals surface area contributed by atoms with Gasteiger partial charge in [-0.3, -0.25) is 9.36 Å². The van der Waals surface area contributed by atoms with Gasteiger partial charge >= 0.3 is 0 Å². The number of nitrogens with zero attached hydrogens (tertiary/aromatic N) is 3. The molecular formula is C16H14N4OS. The summed E-state index contributed by atoms with van der Waals surface area (Å²) < 4.78 is 1.97. The third-order valence-corrected chi connectivity index (χ3v) is 4.66. The van der Waals surface area contributed by atoms with Crippen LogP contribution in [-0.2, 0) is 6.54 Å². The molecule has 6 heteroatoms. The van der Waals surface area contributed by atoms with E-state index in [0.29, 0.717) is 10.5 Å². The first kappa shape index (κ1) is 13.2. The highest BCUT2D eigenvalue weighted by molar-refractivity contribution is 7.13. The second-order valence-corrected chi connectivity index (χ2v) is 6.47. The van der Waals surface area contributed by atoms with Gasteiger partial charge in [0.05, 0.1) is 10.4 Å². The summed E-state index contributed by atoms with van der Waals surface area (Å²) in [5.74, 6) is 0.752. The number of carbonyl (C=O) groups is 1. The Labute approximate surface area is 131 Å².